The lowest BCUT2D eigenvalue weighted by Crippen LogP contribution is -2.41. The lowest BCUT2D eigenvalue weighted by molar-refractivity contribution is -0.116. The van der Waals surface area contributed by atoms with Gasteiger partial charge in [-0.15, -0.1) is 10.2 Å². The molecule has 8 heteroatoms. The maximum Gasteiger partial charge on any atom is 0.240 e. The summed E-state index contributed by atoms with van der Waals surface area (Å²) in [7, 11) is 0. The van der Waals surface area contributed by atoms with Crippen LogP contribution in [0, 0.1) is 19.7 Å². The number of amides is 1. The van der Waals surface area contributed by atoms with E-state index in [9.17, 15) is 9.18 Å². The molecule has 0 saturated carbocycles. The number of hydrogen-bond acceptors (Lipinski definition) is 5. The van der Waals surface area contributed by atoms with Crippen LogP contribution in [0.5, 0.6) is 0 Å². The highest BCUT2D eigenvalue weighted by molar-refractivity contribution is 8.00. The molecule has 30 heavy (non-hydrogen) atoms. The van der Waals surface area contributed by atoms with Gasteiger partial charge in [0, 0.05) is 12.1 Å². The van der Waals surface area contributed by atoms with Crippen molar-refractivity contribution in [2.45, 2.75) is 50.1 Å². The van der Waals surface area contributed by atoms with Crippen LogP contribution in [-0.4, -0.2) is 26.0 Å². The Labute approximate surface area is 179 Å². The number of benzene rings is 2. The maximum atomic E-state index is 13.5. The third kappa shape index (κ3) is 4.05. The van der Waals surface area contributed by atoms with Crippen molar-refractivity contribution in [3.05, 3.63) is 70.8 Å². The van der Waals surface area contributed by atoms with Crippen molar-refractivity contribution in [3.8, 4) is 0 Å². The van der Waals surface area contributed by atoms with Crippen LogP contribution in [0.25, 0.3) is 0 Å². The molecule has 0 radical (unpaired) electrons. The summed E-state index contributed by atoms with van der Waals surface area (Å²) >= 11 is 1.37. The van der Waals surface area contributed by atoms with Crippen molar-refractivity contribution >= 4 is 23.4 Å². The van der Waals surface area contributed by atoms with Gasteiger partial charge >= 0.3 is 0 Å². The third-order valence-electron chi connectivity index (χ3n) is 5.24. The number of aryl methyl sites for hydroxylation is 3. The van der Waals surface area contributed by atoms with Gasteiger partial charge in [0.25, 0.3) is 0 Å². The van der Waals surface area contributed by atoms with E-state index in [0.717, 1.165) is 35.5 Å². The van der Waals surface area contributed by atoms with E-state index in [2.05, 4.69) is 27.9 Å². The van der Waals surface area contributed by atoms with Crippen LogP contribution in [0.2, 0.25) is 0 Å². The van der Waals surface area contributed by atoms with E-state index >= 15 is 0 Å². The number of hydrogen-bond donors (Lipinski definition) is 2. The molecule has 1 amide bonds. The van der Waals surface area contributed by atoms with Crippen LogP contribution in [0.4, 0.5) is 10.1 Å². The molecule has 1 aliphatic heterocycles. The van der Waals surface area contributed by atoms with Gasteiger partial charge in [0.05, 0.1) is 6.04 Å². The standard InChI is InChI=1S/C22H24FN5OS/c1-4-5-18-25-26-22-28(18)27-19(15-7-9-16(23)10-8-15)20(30-22)21(29)24-17-11-6-13(2)14(3)12-17/h6-12,19-20,27H,4-5H2,1-3H3,(H,24,29)/t19-,20+/m1/s1. The SMILES string of the molecule is CCCc1nnc2n1N[C@H](c1ccc(F)cc1)[C@@H](C(=O)Nc1ccc(C)c(C)c1)S2. The lowest BCUT2D eigenvalue weighted by atomic mass is 10.0. The van der Waals surface area contributed by atoms with E-state index in [-0.39, 0.29) is 17.8 Å². The Kier molecular flexibility index (Phi) is 5.76. The number of fused-ring (bicyclic) bond motifs is 1. The van der Waals surface area contributed by atoms with E-state index in [4.69, 9.17) is 0 Å². The Morgan fingerprint density at radius 3 is 2.63 bits per heavy atom. The minimum atomic E-state index is -0.497. The highest BCUT2D eigenvalue weighted by Crippen LogP contribution is 2.37. The number of thioether (sulfide) groups is 1. The van der Waals surface area contributed by atoms with Crippen LogP contribution in [-0.2, 0) is 11.2 Å². The first-order valence-electron chi connectivity index (χ1n) is 9.97. The zero-order valence-electron chi connectivity index (χ0n) is 17.1. The van der Waals surface area contributed by atoms with Gasteiger partial charge in [0.15, 0.2) is 5.82 Å². The second-order valence-electron chi connectivity index (χ2n) is 7.47. The highest BCUT2D eigenvalue weighted by atomic mass is 32.2. The molecule has 0 aliphatic carbocycles. The molecule has 2 heterocycles. The summed E-state index contributed by atoms with van der Waals surface area (Å²) in [6, 6.07) is 11.7. The number of carbonyl (C=O) groups excluding carboxylic acids is 1. The van der Waals surface area contributed by atoms with Crippen molar-refractivity contribution in [1.29, 1.82) is 0 Å². The average molecular weight is 426 g/mol. The molecular formula is C22H24FN5OS. The molecule has 6 nitrogen and oxygen atoms in total. The van der Waals surface area contributed by atoms with Gasteiger partial charge in [-0.1, -0.05) is 36.9 Å². The van der Waals surface area contributed by atoms with Gasteiger partial charge in [-0.2, -0.15) is 0 Å². The second-order valence-corrected chi connectivity index (χ2v) is 8.58. The Hall–Kier alpha value is -2.87. The van der Waals surface area contributed by atoms with E-state index < -0.39 is 5.25 Å². The third-order valence-corrected chi connectivity index (χ3v) is 6.45. The summed E-state index contributed by atoms with van der Waals surface area (Å²) in [5.41, 5.74) is 7.25. The predicted octanol–water partition coefficient (Wildman–Crippen LogP) is 4.38. The zero-order chi connectivity index (χ0) is 21.3. The van der Waals surface area contributed by atoms with Gasteiger partial charge in [0.1, 0.15) is 11.1 Å². The van der Waals surface area contributed by atoms with Crippen molar-refractivity contribution in [2.75, 3.05) is 10.7 Å². The quantitative estimate of drug-likeness (QED) is 0.635. The summed E-state index contributed by atoms with van der Waals surface area (Å²) in [5.74, 6) is 0.367. The Morgan fingerprint density at radius 1 is 1.17 bits per heavy atom. The molecular weight excluding hydrogens is 401 g/mol. The number of nitrogens with one attached hydrogen (secondary N) is 2. The van der Waals surface area contributed by atoms with Crippen LogP contribution in [0.1, 0.15) is 41.9 Å². The van der Waals surface area contributed by atoms with E-state index in [0.29, 0.717) is 5.16 Å². The fourth-order valence-electron chi connectivity index (χ4n) is 3.44. The number of rotatable bonds is 5. The Balaban J connectivity index is 1.66. The van der Waals surface area contributed by atoms with Crippen molar-refractivity contribution in [2.24, 2.45) is 0 Å². The maximum absolute atomic E-state index is 13.5. The smallest absolute Gasteiger partial charge is 0.240 e. The van der Waals surface area contributed by atoms with E-state index in [1.54, 1.807) is 12.1 Å². The first kappa shape index (κ1) is 20.4. The normalized spacial score (nSPS) is 17.9. The molecule has 1 aliphatic rings. The molecule has 4 rings (SSSR count). The van der Waals surface area contributed by atoms with Crippen LogP contribution < -0.4 is 10.7 Å². The van der Waals surface area contributed by atoms with Crippen molar-refractivity contribution < 1.29 is 9.18 Å². The van der Waals surface area contributed by atoms with Crippen molar-refractivity contribution in [1.82, 2.24) is 14.9 Å². The number of carbonyl (C=O) groups is 1. The topological polar surface area (TPSA) is 71.8 Å². The molecule has 2 aromatic carbocycles. The predicted molar refractivity (Wildman–Crippen MR) is 117 cm³/mol. The second kappa shape index (κ2) is 8.47. The van der Waals surface area contributed by atoms with Crippen LogP contribution in [0.3, 0.4) is 0 Å². The summed E-state index contributed by atoms with van der Waals surface area (Å²) in [5, 5.41) is 11.7. The molecule has 0 saturated heterocycles. The number of halogens is 1. The minimum absolute atomic E-state index is 0.142. The average Bonchev–Trinajstić information content (AvgIpc) is 3.12. The largest absolute Gasteiger partial charge is 0.325 e. The number of nitrogens with zero attached hydrogens (tertiary/aromatic N) is 3. The molecule has 0 unspecified atom stereocenters. The summed E-state index contributed by atoms with van der Waals surface area (Å²) in [4.78, 5) is 13.3. The molecule has 0 spiro atoms. The molecule has 0 bridgehead atoms. The van der Waals surface area contributed by atoms with Gasteiger partial charge in [-0.25, -0.2) is 9.07 Å². The van der Waals surface area contributed by atoms with Crippen LogP contribution >= 0.6 is 11.8 Å². The molecule has 2 N–H and O–H groups in total. The first-order chi connectivity index (χ1) is 14.5. The molecule has 2 atom stereocenters. The first-order valence-corrected chi connectivity index (χ1v) is 10.9. The van der Waals surface area contributed by atoms with Gasteiger partial charge in [-0.05, 0) is 61.2 Å². The van der Waals surface area contributed by atoms with Gasteiger partial charge < -0.3 is 10.7 Å². The Bertz CT molecular complexity index is 1070. The fourth-order valence-corrected chi connectivity index (χ4v) is 4.54. The summed E-state index contributed by atoms with van der Waals surface area (Å²) < 4.78 is 15.3. The van der Waals surface area contributed by atoms with E-state index in [1.807, 2.05) is 36.7 Å². The fraction of sp³-hybridized carbons (Fsp3) is 0.318. The zero-order valence-corrected chi connectivity index (χ0v) is 18.0. The Morgan fingerprint density at radius 2 is 1.93 bits per heavy atom. The van der Waals surface area contributed by atoms with Gasteiger partial charge in [-0.3, -0.25) is 4.79 Å². The molecule has 156 valence electrons. The molecule has 1 aromatic heterocycles. The van der Waals surface area contributed by atoms with E-state index in [1.165, 1.54) is 29.5 Å². The van der Waals surface area contributed by atoms with Crippen LogP contribution in [0.15, 0.2) is 47.6 Å². The van der Waals surface area contributed by atoms with Crippen molar-refractivity contribution in [3.63, 3.8) is 0 Å². The number of aromatic nitrogens is 3. The highest BCUT2D eigenvalue weighted by Gasteiger charge is 2.37. The molecule has 3 aromatic rings. The molecule has 0 fully saturated rings. The summed E-state index contributed by atoms with van der Waals surface area (Å²) in [6.45, 7) is 6.13. The van der Waals surface area contributed by atoms with Gasteiger partial charge in [0.2, 0.25) is 11.1 Å². The minimum Gasteiger partial charge on any atom is -0.325 e. The monoisotopic (exact) mass is 425 g/mol. The number of anilines is 1. The summed E-state index contributed by atoms with van der Waals surface area (Å²) in [6.07, 6.45) is 1.71. The lowest BCUT2D eigenvalue weighted by Gasteiger charge is -2.33.